The molecule has 0 fully saturated rings. The van der Waals surface area contributed by atoms with Crippen LogP contribution in [0.1, 0.15) is 104 Å². The minimum atomic E-state index is -0.118. The zero-order chi connectivity index (χ0) is 33.7. The fraction of sp³-hybridized carbons (Fsp3) is 0.265. The van der Waals surface area contributed by atoms with E-state index in [2.05, 4.69) is 169 Å². The lowest BCUT2D eigenvalue weighted by Gasteiger charge is -2.34. The third kappa shape index (κ3) is 4.49. The molecule has 0 aliphatic heterocycles. The molecule has 242 valence electrons. The van der Waals surface area contributed by atoms with Gasteiger partial charge < -0.3 is 0 Å². The Morgan fingerprint density at radius 3 is 1.65 bits per heavy atom. The normalized spacial score (nSPS) is 18.9. The fourth-order valence-electron chi connectivity index (χ4n) is 9.93. The van der Waals surface area contributed by atoms with Crippen molar-refractivity contribution in [3.05, 3.63) is 177 Å². The lowest BCUT2D eigenvalue weighted by atomic mass is 9.69. The van der Waals surface area contributed by atoms with Gasteiger partial charge in [-0.3, -0.25) is 0 Å². The Hall–Kier alpha value is -4.68. The quantitative estimate of drug-likeness (QED) is 0.178. The van der Waals surface area contributed by atoms with Crippen molar-refractivity contribution in [2.75, 3.05) is 0 Å². The number of hydrogen-bond donors (Lipinski definition) is 0. The largest absolute Gasteiger partial charge is 0.0620 e. The Morgan fingerprint density at radius 1 is 0.429 bits per heavy atom. The van der Waals surface area contributed by atoms with Crippen LogP contribution >= 0.6 is 0 Å². The van der Waals surface area contributed by atoms with Crippen LogP contribution in [0.25, 0.3) is 33.4 Å². The molecule has 9 rings (SSSR count). The van der Waals surface area contributed by atoms with E-state index in [9.17, 15) is 0 Å². The average Bonchev–Trinajstić information content (AvgIpc) is 3.31. The van der Waals surface area contributed by atoms with Gasteiger partial charge in [0.05, 0.1) is 0 Å². The smallest absolute Gasteiger partial charge is 0.0159 e. The molecule has 3 aliphatic rings. The summed E-state index contributed by atoms with van der Waals surface area (Å²) in [5.74, 6) is 0.519. The van der Waals surface area contributed by atoms with Gasteiger partial charge in [-0.05, 0) is 121 Å². The lowest BCUT2D eigenvalue weighted by molar-refractivity contribution is 0.603. The van der Waals surface area contributed by atoms with E-state index in [-0.39, 0.29) is 16.2 Å². The van der Waals surface area contributed by atoms with Crippen LogP contribution in [0.5, 0.6) is 0 Å². The second kappa shape index (κ2) is 10.7. The molecular weight excluding hydrogens is 589 g/mol. The van der Waals surface area contributed by atoms with Crippen LogP contribution in [-0.4, -0.2) is 0 Å². The molecular formula is C49H46. The predicted molar refractivity (Wildman–Crippen MR) is 207 cm³/mol. The molecule has 2 bridgehead atoms. The molecule has 6 aromatic rings. The zero-order valence-electron chi connectivity index (χ0n) is 29.8. The molecule has 6 aromatic carbocycles. The van der Waals surface area contributed by atoms with Gasteiger partial charge in [0, 0.05) is 16.2 Å². The van der Waals surface area contributed by atoms with E-state index in [1.165, 1.54) is 78.7 Å². The third-order valence-electron chi connectivity index (χ3n) is 12.7. The summed E-state index contributed by atoms with van der Waals surface area (Å²) < 4.78 is 0. The molecule has 49 heavy (non-hydrogen) atoms. The van der Waals surface area contributed by atoms with Crippen molar-refractivity contribution >= 4 is 0 Å². The van der Waals surface area contributed by atoms with Crippen molar-refractivity contribution < 1.29 is 0 Å². The van der Waals surface area contributed by atoms with Gasteiger partial charge >= 0.3 is 0 Å². The van der Waals surface area contributed by atoms with E-state index in [1.54, 1.807) is 11.1 Å². The molecule has 0 radical (unpaired) electrons. The first-order chi connectivity index (χ1) is 23.5. The summed E-state index contributed by atoms with van der Waals surface area (Å²) >= 11 is 0. The minimum Gasteiger partial charge on any atom is -0.0620 e. The second-order valence-corrected chi connectivity index (χ2v) is 16.5. The Labute approximate surface area is 292 Å². The summed E-state index contributed by atoms with van der Waals surface area (Å²) in [6.07, 6.45) is 3.38. The molecule has 0 spiro atoms. The SMILES string of the molecule is CC1(C)c2ccccc2-c2ccc(-c3ccc(-c4ccc5c(c4)C(C)(C)c4cccc6c4CC(CC5)c4ccccc4C6(C)C)cc3)cc21. The maximum atomic E-state index is 2.51. The van der Waals surface area contributed by atoms with Crippen LogP contribution in [0.15, 0.2) is 127 Å². The molecule has 1 unspecified atom stereocenters. The highest BCUT2D eigenvalue weighted by Gasteiger charge is 2.39. The van der Waals surface area contributed by atoms with Gasteiger partial charge in [-0.1, -0.05) is 157 Å². The van der Waals surface area contributed by atoms with Crippen molar-refractivity contribution in [1.82, 2.24) is 0 Å². The highest BCUT2D eigenvalue weighted by atomic mass is 14.4. The van der Waals surface area contributed by atoms with Crippen molar-refractivity contribution in [2.45, 2.75) is 83.0 Å². The van der Waals surface area contributed by atoms with E-state index in [0.717, 1.165) is 12.8 Å². The monoisotopic (exact) mass is 634 g/mol. The summed E-state index contributed by atoms with van der Waals surface area (Å²) in [7, 11) is 0. The maximum absolute atomic E-state index is 2.51. The van der Waals surface area contributed by atoms with Gasteiger partial charge in [-0.25, -0.2) is 0 Å². The van der Waals surface area contributed by atoms with Gasteiger partial charge in [0.1, 0.15) is 0 Å². The molecule has 0 aromatic heterocycles. The molecule has 0 saturated carbocycles. The highest BCUT2D eigenvalue weighted by Crippen LogP contribution is 2.51. The molecule has 0 heterocycles. The average molecular weight is 635 g/mol. The standard InChI is InChI=1S/C49H46/c1-47(2)41-14-9-7-12-37(41)36-25-23-33-22-24-34(29-45(33)48(3,4)44-17-11-16-43(47)40(44)28-36)31-18-20-32(21-19-31)35-26-27-39-38-13-8-10-15-42(38)49(5,6)46(39)30-35/h7-22,24,26-27,29-30,36H,23,25,28H2,1-6H3. The number of benzene rings is 6. The molecule has 3 aliphatic carbocycles. The minimum absolute atomic E-state index is 0.00540. The second-order valence-electron chi connectivity index (χ2n) is 16.5. The first-order valence-corrected chi connectivity index (χ1v) is 18.3. The topological polar surface area (TPSA) is 0 Å². The predicted octanol–water partition coefficient (Wildman–Crippen LogP) is 12.6. The summed E-state index contributed by atoms with van der Waals surface area (Å²) in [6.45, 7) is 14.5. The van der Waals surface area contributed by atoms with Gasteiger partial charge in [0.15, 0.2) is 0 Å². The van der Waals surface area contributed by atoms with Crippen molar-refractivity contribution in [3.63, 3.8) is 0 Å². The van der Waals surface area contributed by atoms with Gasteiger partial charge in [0.2, 0.25) is 0 Å². The first-order valence-electron chi connectivity index (χ1n) is 18.3. The third-order valence-corrected chi connectivity index (χ3v) is 12.7. The number of fused-ring (bicyclic) bond motifs is 7. The molecule has 0 saturated heterocycles. The van der Waals surface area contributed by atoms with Crippen molar-refractivity contribution in [2.24, 2.45) is 0 Å². The van der Waals surface area contributed by atoms with E-state index < -0.39 is 0 Å². The molecule has 0 nitrogen and oxygen atoms in total. The van der Waals surface area contributed by atoms with Crippen LogP contribution in [0.4, 0.5) is 0 Å². The van der Waals surface area contributed by atoms with E-state index in [0.29, 0.717) is 5.92 Å². The summed E-state index contributed by atoms with van der Waals surface area (Å²) in [4.78, 5) is 0. The van der Waals surface area contributed by atoms with Gasteiger partial charge in [-0.2, -0.15) is 0 Å². The highest BCUT2D eigenvalue weighted by molar-refractivity contribution is 5.84. The lowest BCUT2D eigenvalue weighted by Crippen LogP contribution is -2.26. The molecule has 0 amide bonds. The van der Waals surface area contributed by atoms with Crippen LogP contribution in [0, 0.1) is 0 Å². The Bertz CT molecular complexity index is 2270. The Kier molecular flexibility index (Phi) is 6.61. The number of aryl methyl sites for hydroxylation is 1. The van der Waals surface area contributed by atoms with Gasteiger partial charge in [-0.15, -0.1) is 0 Å². The van der Waals surface area contributed by atoms with Crippen LogP contribution in [0.3, 0.4) is 0 Å². The Balaban J connectivity index is 1.10. The molecule has 0 heteroatoms. The van der Waals surface area contributed by atoms with E-state index >= 15 is 0 Å². The number of hydrogen-bond acceptors (Lipinski definition) is 0. The fourth-order valence-corrected chi connectivity index (χ4v) is 9.93. The molecule has 0 N–H and O–H groups in total. The van der Waals surface area contributed by atoms with Crippen molar-refractivity contribution in [3.8, 4) is 33.4 Å². The van der Waals surface area contributed by atoms with Crippen LogP contribution < -0.4 is 0 Å². The van der Waals surface area contributed by atoms with Crippen LogP contribution in [-0.2, 0) is 29.1 Å². The van der Waals surface area contributed by atoms with Gasteiger partial charge in [0.25, 0.3) is 0 Å². The summed E-state index contributed by atoms with van der Waals surface area (Å²) in [6, 6.07) is 49.0. The molecule has 1 atom stereocenters. The van der Waals surface area contributed by atoms with Crippen LogP contribution in [0.2, 0.25) is 0 Å². The first kappa shape index (κ1) is 30.4. The van der Waals surface area contributed by atoms with E-state index in [1.807, 2.05) is 0 Å². The summed E-state index contributed by atoms with van der Waals surface area (Å²) in [5.41, 5.74) is 21.2. The summed E-state index contributed by atoms with van der Waals surface area (Å²) in [5, 5.41) is 0. The Morgan fingerprint density at radius 2 is 0.939 bits per heavy atom. The zero-order valence-corrected chi connectivity index (χ0v) is 29.8. The number of rotatable bonds is 2. The van der Waals surface area contributed by atoms with E-state index in [4.69, 9.17) is 0 Å². The maximum Gasteiger partial charge on any atom is 0.0159 e. The van der Waals surface area contributed by atoms with Crippen molar-refractivity contribution in [1.29, 1.82) is 0 Å².